The molecule has 108 valence electrons. The van der Waals surface area contributed by atoms with Crippen LogP contribution in [0.3, 0.4) is 0 Å². The Morgan fingerprint density at radius 1 is 1.30 bits per heavy atom. The van der Waals surface area contributed by atoms with Crippen LogP contribution in [0.4, 0.5) is 5.69 Å². The number of hydrogen-bond acceptors (Lipinski definition) is 4. The van der Waals surface area contributed by atoms with E-state index in [0.717, 1.165) is 23.5 Å². The molecule has 0 spiro atoms. The number of sulfone groups is 1. The molecule has 0 amide bonds. The highest BCUT2D eigenvalue weighted by Crippen LogP contribution is 2.20. The lowest BCUT2D eigenvalue weighted by atomic mass is 10.2. The lowest BCUT2D eigenvalue weighted by molar-refractivity contribution is 0.601. The van der Waals surface area contributed by atoms with Gasteiger partial charge in [-0.2, -0.15) is 5.10 Å². The number of hydrogen-bond donors (Lipinski definition) is 1. The summed E-state index contributed by atoms with van der Waals surface area (Å²) in [7, 11) is -3.20. The summed E-state index contributed by atoms with van der Waals surface area (Å²) in [4.78, 5) is 0.367. The number of nitrogens with zero attached hydrogens (tertiary/aromatic N) is 2. The topological polar surface area (TPSA) is 64.0 Å². The molecule has 0 saturated heterocycles. The predicted molar refractivity (Wildman–Crippen MR) is 79.5 cm³/mol. The molecular weight excluding hydrogens is 274 g/mol. The van der Waals surface area contributed by atoms with Crippen molar-refractivity contribution in [3.05, 3.63) is 41.7 Å². The maximum atomic E-state index is 11.7. The van der Waals surface area contributed by atoms with Gasteiger partial charge in [-0.25, -0.2) is 8.42 Å². The molecule has 0 aliphatic heterocycles. The van der Waals surface area contributed by atoms with Crippen molar-refractivity contribution in [3.8, 4) is 0 Å². The third-order valence-corrected chi connectivity index (χ3v) is 4.40. The van der Waals surface area contributed by atoms with Crippen LogP contribution >= 0.6 is 0 Å². The molecule has 0 saturated carbocycles. The van der Waals surface area contributed by atoms with Gasteiger partial charge in [0.05, 0.1) is 17.1 Å². The Balaban J connectivity index is 2.19. The summed E-state index contributed by atoms with van der Waals surface area (Å²) in [6, 6.07) is 7.33. The Hall–Kier alpha value is -1.82. The number of rotatable bonds is 5. The molecule has 5 nitrogen and oxygen atoms in total. The number of benzene rings is 1. The van der Waals surface area contributed by atoms with Crippen LogP contribution in [0.5, 0.6) is 0 Å². The van der Waals surface area contributed by atoms with Crippen molar-refractivity contribution in [2.75, 3.05) is 11.6 Å². The maximum Gasteiger partial charge on any atom is 0.175 e. The first-order valence-electron chi connectivity index (χ1n) is 6.47. The fraction of sp³-hybridized carbons (Fsp3) is 0.357. The van der Waals surface area contributed by atoms with Crippen LogP contribution < -0.4 is 5.32 Å². The van der Waals surface area contributed by atoms with E-state index >= 15 is 0 Å². The molecule has 20 heavy (non-hydrogen) atoms. The van der Waals surface area contributed by atoms with E-state index in [1.165, 1.54) is 6.26 Å². The van der Waals surface area contributed by atoms with Crippen molar-refractivity contribution < 1.29 is 8.42 Å². The van der Waals surface area contributed by atoms with Crippen LogP contribution in [0.15, 0.2) is 35.4 Å². The normalized spacial score (nSPS) is 11.6. The Kier molecular flexibility index (Phi) is 4.13. The smallest absolute Gasteiger partial charge is 0.175 e. The van der Waals surface area contributed by atoms with Gasteiger partial charge in [0, 0.05) is 24.7 Å². The number of anilines is 1. The third kappa shape index (κ3) is 3.19. The van der Waals surface area contributed by atoms with Crippen molar-refractivity contribution in [2.45, 2.75) is 31.8 Å². The average Bonchev–Trinajstić information content (AvgIpc) is 2.84. The Morgan fingerprint density at radius 2 is 2.05 bits per heavy atom. The standard InChI is InChI=1S/C14H19N3O2S/c1-4-17-13(7-8-16-17)10-15-12-6-5-11(2)14(9-12)20(3,18)19/h5-9,15H,4,10H2,1-3H3. The predicted octanol–water partition coefficient (Wildman–Crippen LogP) is 2.23. The van der Waals surface area contributed by atoms with Gasteiger partial charge in [-0.1, -0.05) is 6.07 Å². The van der Waals surface area contributed by atoms with E-state index in [1.807, 2.05) is 29.8 Å². The van der Waals surface area contributed by atoms with Gasteiger partial charge in [-0.05, 0) is 37.6 Å². The van der Waals surface area contributed by atoms with Crippen LogP contribution in [0.25, 0.3) is 0 Å². The first-order valence-corrected chi connectivity index (χ1v) is 8.36. The van der Waals surface area contributed by atoms with Gasteiger partial charge in [0.2, 0.25) is 0 Å². The van der Waals surface area contributed by atoms with Crippen molar-refractivity contribution in [1.29, 1.82) is 0 Å². The van der Waals surface area contributed by atoms with Crippen molar-refractivity contribution in [1.82, 2.24) is 9.78 Å². The first-order chi connectivity index (χ1) is 9.41. The van der Waals surface area contributed by atoms with Gasteiger partial charge in [0.15, 0.2) is 9.84 Å². The summed E-state index contributed by atoms with van der Waals surface area (Å²) in [6.07, 6.45) is 2.99. The maximum absolute atomic E-state index is 11.7. The molecule has 1 heterocycles. The SMILES string of the molecule is CCn1nccc1CNc1ccc(C)c(S(C)(=O)=O)c1. The van der Waals surface area contributed by atoms with Crippen LogP contribution in [-0.4, -0.2) is 24.5 Å². The van der Waals surface area contributed by atoms with Gasteiger partial charge >= 0.3 is 0 Å². The van der Waals surface area contributed by atoms with Gasteiger partial charge < -0.3 is 5.32 Å². The molecule has 0 aliphatic carbocycles. The first kappa shape index (κ1) is 14.6. The molecule has 0 aliphatic rings. The lowest BCUT2D eigenvalue weighted by Crippen LogP contribution is -2.08. The molecule has 1 N–H and O–H groups in total. The average molecular weight is 293 g/mol. The van der Waals surface area contributed by atoms with Crippen LogP contribution in [0.2, 0.25) is 0 Å². The molecule has 0 bridgehead atoms. The number of aryl methyl sites for hydroxylation is 2. The van der Waals surface area contributed by atoms with Crippen molar-refractivity contribution in [3.63, 3.8) is 0 Å². The molecule has 0 atom stereocenters. The molecule has 2 rings (SSSR count). The summed E-state index contributed by atoms with van der Waals surface area (Å²) in [5.74, 6) is 0. The summed E-state index contributed by atoms with van der Waals surface area (Å²) < 4.78 is 25.3. The lowest BCUT2D eigenvalue weighted by Gasteiger charge is -2.10. The zero-order chi connectivity index (χ0) is 14.8. The van der Waals surface area contributed by atoms with E-state index in [0.29, 0.717) is 11.4 Å². The van der Waals surface area contributed by atoms with Gasteiger partial charge in [-0.15, -0.1) is 0 Å². The summed E-state index contributed by atoms with van der Waals surface area (Å²) in [5, 5.41) is 7.43. The molecule has 1 aromatic carbocycles. The second-order valence-corrected chi connectivity index (χ2v) is 6.73. The zero-order valence-corrected chi connectivity index (χ0v) is 12.7. The highest BCUT2D eigenvalue weighted by molar-refractivity contribution is 7.90. The minimum atomic E-state index is -3.20. The van der Waals surface area contributed by atoms with E-state index in [1.54, 1.807) is 19.2 Å². The summed E-state index contributed by atoms with van der Waals surface area (Å²) >= 11 is 0. The second kappa shape index (κ2) is 5.66. The van der Waals surface area contributed by atoms with Gasteiger partial charge in [0.25, 0.3) is 0 Å². The number of aromatic nitrogens is 2. The summed E-state index contributed by atoms with van der Waals surface area (Å²) in [5.41, 5.74) is 2.62. The zero-order valence-electron chi connectivity index (χ0n) is 11.9. The van der Waals surface area contributed by atoms with Crippen LogP contribution in [0.1, 0.15) is 18.2 Å². The van der Waals surface area contributed by atoms with E-state index in [2.05, 4.69) is 10.4 Å². The molecule has 0 unspecified atom stereocenters. The fourth-order valence-corrected chi connectivity index (χ4v) is 3.09. The van der Waals surface area contributed by atoms with E-state index < -0.39 is 9.84 Å². The highest BCUT2D eigenvalue weighted by atomic mass is 32.2. The van der Waals surface area contributed by atoms with E-state index in [-0.39, 0.29) is 0 Å². The molecule has 0 radical (unpaired) electrons. The van der Waals surface area contributed by atoms with Gasteiger partial charge in [0.1, 0.15) is 0 Å². The van der Waals surface area contributed by atoms with Crippen molar-refractivity contribution in [2.24, 2.45) is 0 Å². The Labute approximate surface area is 119 Å². The van der Waals surface area contributed by atoms with Gasteiger partial charge in [-0.3, -0.25) is 4.68 Å². The number of nitrogens with one attached hydrogen (secondary N) is 1. The third-order valence-electron chi connectivity index (χ3n) is 3.17. The molecule has 0 fully saturated rings. The van der Waals surface area contributed by atoms with Crippen LogP contribution in [-0.2, 0) is 22.9 Å². The Bertz CT molecular complexity index is 705. The minimum Gasteiger partial charge on any atom is -0.379 e. The quantitative estimate of drug-likeness (QED) is 0.918. The fourth-order valence-electron chi connectivity index (χ4n) is 2.10. The second-order valence-electron chi connectivity index (χ2n) is 4.74. The Morgan fingerprint density at radius 3 is 2.70 bits per heavy atom. The molecule has 1 aromatic heterocycles. The highest BCUT2D eigenvalue weighted by Gasteiger charge is 2.11. The largest absolute Gasteiger partial charge is 0.379 e. The van der Waals surface area contributed by atoms with E-state index in [4.69, 9.17) is 0 Å². The summed E-state index contributed by atoms with van der Waals surface area (Å²) in [6.45, 7) is 5.25. The van der Waals surface area contributed by atoms with Crippen LogP contribution in [0, 0.1) is 6.92 Å². The monoisotopic (exact) mass is 293 g/mol. The minimum absolute atomic E-state index is 0.367. The molecule has 2 aromatic rings. The molecule has 6 heteroatoms. The molecular formula is C14H19N3O2S. The van der Waals surface area contributed by atoms with E-state index in [9.17, 15) is 8.42 Å². The van der Waals surface area contributed by atoms with Crippen molar-refractivity contribution >= 4 is 15.5 Å².